The summed E-state index contributed by atoms with van der Waals surface area (Å²) in [6.45, 7) is 4.20. The topological polar surface area (TPSA) is 46.9 Å². The first-order valence-electron chi connectivity index (χ1n) is 7.80. The van der Waals surface area contributed by atoms with Crippen LogP contribution in [0.25, 0.3) is 0 Å². The lowest BCUT2D eigenvalue weighted by Crippen LogP contribution is -2.13. The first kappa shape index (κ1) is 17.5. The van der Waals surface area contributed by atoms with Gasteiger partial charge in [-0.1, -0.05) is 59.6 Å². The predicted molar refractivity (Wildman–Crippen MR) is 102 cm³/mol. The fourth-order valence-corrected chi connectivity index (χ4v) is 3.18. The van der Waals surface area contributed by atoms with E-state index >= 15 is 0 Å². The van der Waals surface area contributed by atoms with Gasteiger partial charge in [-0.2, -0.15) is 5.10 Å². The molecular weight excluding hydrogens is 357 g/mol. The van der Waals surface area contributed by atoms with Crippen molar-refractivity contribution in [3.63, 3.8) is 0 Å². The molecule has 128 valence electrons. The smallest absolute Gasteiger partial charge is 0.260 e. The van der Waals surface area contributed by atoms with Crippen molar-refractivity contribution in [3.05, 3.63) is 81.1 Å². The van der Waals surface area contributed by atoms with Crippen LogP contribution in [0.4, 0.5) is 5.69 Å². The normalized spacial score (nSPS) is 10.7. The largest absolute Gasteiger partial charge is 0.320 e. The number of rotatable bonds is 4. The summed E-state index contributed by atoms with van der Waals surface area (Å²) in [5, 5.41) is 7.99. The zero-order chi connectivity index (χ0) is 18.0. The molecule has 1 heterocycles. The number of carbonyl (C=O) groups excluding carboxylic acids is 1. The number of nitrogens with one attached hydrogen (secondary N) is 1. The van der Waals surface area contributed by atoms with Crippen molar-refractivity contribution >= 4 is 34.8 Å². The Morgan fingerprint density at radius 1 is 1.12 bits per heavy atom. The number of amides is 1. The summed E-state index contributed by atoms with van der Waals surface area (Å²) in [7, 11) is 0. The van der Waals surface area contributed by atoms with Crippen molar-refractivity contribution in [3.8, 4) is 0 Å². The van der Waals surface area contributed by atoms with E-state index in [0.717, 1.165) is 11.1 Å². The van der Waals surface area contributed by atoms with E-state index in [4.69, 9.17) is 23.2 Å². The third-order valence-electron chi connectivity index (χ3n) is 3.84. The highest BCUT2D eigenvalue weighted by Crippen LogP contribution is 2.26. The van der Waals surface area contributed by atoms with E-state index in [-0.39, 0.29) is 5.91 Å². The Labute approximate surface area is 156 Å². The van der Waals surface area contributed by atoms with E-state index in [1.54, 1.807) is 23.7 Å². The van der Waals surface area contributed by atoms with E-state index in [0.29, 0.717) is 33.7 Å². The van der Waals surface area contributed by atoms with Gasteiger partial charge in [0.2, 0.25) is 0 Å². The van der Waals surface area contributed by atoms with Gasteiger partial charge in [-0.3, -0.25) is 4.79 Å². The number of anilines is 1. The van der Waals surface area contributed by atoms with Crippen molar-refractivity contribution in [2.45, 2.75) is 20.4 Å². The molecule has 0 aliphatic heterocycles. The van der Waals surface area contributed by atoms with Crippen LogP contribution in [0.2, 0.25) is 10.2 Å². The zero-order valence-electron chi connectivity index (χ0n) is 13.9. The van der Waals surface area contributed by atoms with Gasteiger partial charge in [-0.25, -0.2) is 4.68 Å². The summed E-state index contributed by atoms with van der Waals surface area (Å²) in [6.07, 6.45) is 0. The molecule has 0 unspecified atom stereocenters. The minimum atomic E-state index is -0.326. The number of aromatic nitrogens is 2. The van der Waals surface area contributed by atoms with Crippen LogP contribution in [0.1, 0.15) is 27.2 Å². The Hall–Kier alpha value is -2.30. The van der Waals surface area contributed by atoms with Crippen molar-refractivity contribution in [2.24, 2.45) is 0 Å². The molecule has 3 rings (SSSR count). The molecule has 25 heavy (non-hydrogen) atoms. The van der Waals surface area contributed by atoms with E-state index < -0.39 is 0 Å². The van der Waals surface area contributed by atoms with Crippen LogP contribution in [0, 0.1) is 13.8 Å². The minimum Gasteiger partial charge on any atom is -0.320 e. The van der Waals surface area contributed by atoms with Gasteiger partial charge in [0, 0.05) is 0 Å². The predicted octanol–water partition coefficient (Wildman–Crippen LogP) is 5.11. The number of aryl methyl sites for hydroxylation is 2. The average molecular weight is 374 g/mol. The second kappa shape index (κ2) is 7.30. The fraction of sp³-hybridized carbons (Fsp3) is 0.158. The van der Waals surface area contributed by atoms with Gasteiger partial charge in [-0.05, 0) is 37.1 Å². The lowest BCUT2D eigenvalue weighted by molar-refractivity contribution is 0.102. The average Bonchev–Trinajstić information content (AvgIpc) is 2.85. The molecule has 0 aliphatic rings. The van der Waals surface area contributed by atoms with Gasteiger partial charge in [-0.15, -0.1) is 0 Å². The van der Waals surface area contributed by atoms with Gasteiger partial charge in [0.1, 0.15) is 5.15 Å². The second-order valence-electron chi connectivity index (χ2n) is 5.83. The van der Waals surface area contributed by atoms with E-state index in [2.05, 4.69) is 10.4 Å². The lowest BCUT2D eigenvalue weighted by Gasteiger charge is -2.08. The van der Waals surface area contributed by atoms with E-state index in [9.17, 15) is 4.79 Å². The molecule has 1 amide bonds. The quantitative estimate of drug-likeness (QED) is 0.690. The molecule has 0 spiro atoms. The molecule has 0 aliphatic carbocycles. The van der Waals surface area contributed by atoms with E-state index in [1.807, 2.05) is 43.3 Å². The highest BCUT2D eigenvalue weighted by molar-refractivity contribution is 6.35. The molecule has 3 aromatic rings. The van der Waals surface area contributed by atoms with Crippen LogP contribution in [-0.2, 0) is 6.54 Å². The van der Waals surface area contributed by atoms with Crippen LogP contribution in [0.5, 0.6) is 0 Å². The van der Waals surface area contributed by atoms with Crippen molar-refractivity contribution < 1.29 is 4.79 Å². The number of halogens is 2. The van der Waals surface area contributed by atoms with Gasteiger partial charge < -0.3 is 5.32 Å². The van der Waals surface area contributed by atoms with Crippen LogP contribution >= 0.6 is 23.2 Å². The second-order valence-corrected chi connectivity index (χ2v) is 6.60. The molecule has 6 heteroatoms. The number of nitrogens with zero attached hydrogens (tertiary/aromatic N) is 2. The van der Waals surface area contributed by atoms with Gasteiger partial charge in [0.15, 0.2) is 0 Å². The van der Waals surface area contributed by atoms with Crippen LogP contribution in [0.3, 0.4) is 0 Å². The maximum absolute atomic E-state index is 12.7. The van der Waals surface area contributed by atoms with Crippen molar-refractivity contribution in [1.29, 1.82) is 0 Å². The van der Waals surface area contributed by atoms with Crippen LogP contribution < -0.4 is 5.32 Å². The monoisotopic (exact) mass is 373 g/mol. The van der Waals surface area contributed by atoms with Gasteiger partial charge in [0.25, 0.3) is 5.91 Å². The van der Waals surface area contributed by atoms with Crippen LogP contribution in [0.15, 0.2) is 48.5 Å². The molecule has 0 radical (unpaired) electrons. The van der Waals surface area contributed by atoms with Gasteiger partial charge >= 0.3 is 0 Å². The number of benzene rings is 2. The molecule has 0 saturated carbocycles. The fourth-order valence-electron chi connectivity index (χ4n) is 2.58. The molecule has 4 nitrogen and oxygen atoms in total. The van der Waals surface area contributed by atoms with Gasteiger partial charge in [0.05, 0.1) is 28.5 Å². The molecule has 0 atom stereocenters. The highest BCUT2D eigenvalue weighted by atomic mass is 35.5. The number of carbonyl (C=O) groups is 1. The Bertz CT molecular complexity index is 920. The first-order valence-corrected chi connectivity index (χ1v) is 8.55. The molecule has 0 saturated heterocycles. The first-order chi connectivity index (χ1) is 12.0. The summed E-state index contributed by atoms with van der Waals surface area (Å²) >= 11 is 12.6. The molecule has 1 N–H and O–H groups in total. The molecule has 0 bridgehead atoms. The van der Waals surface area contributed by atoms with E-state index in [1.165, 1.54) is 0 Å². The Kier molecular flexibility index (Phi) is 5.11. The zero-order valence-corrected chi connectivity index (χ0v) is 15.4. The third kappa shape index (κ3) is 3.86. The SMILES string of the molecule is Cc1ccc(NC(=O)c2c(C)nn(Cc3ccccc3)c2Cl)c(Cl)c1. The summed E-state index contributed by atoms with van der Waals surface area (Å²) in [5.74, 6) is -0.326. The molecule has 2 aromatic carbocycles. The summed E-state index contributed by atoms with van der Waals surface area (Å²) in [6, 6.07) is 15.3. The summed E-state index contributed by atoms with van der Waals surface area (Å²) in [4.78, 5) is 12.7. The van der Waals surface area contributed by atoms with Crippen molar-refractivity contribution in [2.75, 3.05) is 5.32 Å². The molecule has 1 aromatic heterocycles. The van der Waals surface area contributed by atoms with Crippen molar-refractivity contribution in [1.82, 2.24) is 9.78 Å². The maximum atomic E-state index is 12.7. The molecular formula is C19H17Cl2N3O. The minimum absolute atomic E-state index is 0.307. The third-order valence-corrected chi connectivity index (χ3v) is 4.54. The maximum Gasteiger partial charge on any atom is 0.260 e. The lowest BCUT2D eigenvalue weighted by atomic mass is 10.2. The Morgan fingerprint density at radius 2 is 1.84 bits per heavy atom. The highest BCUT2D eigenvalue weighted by Gasteiger charge is 2.21. The van der Waals surface area contributed by atoms with Crippen LogP contribution in [-0.4, -0.2) is 15.7 Å². The Balaban J connectivity index is 1.85. The summed E-state index contributed by atoms with van der Waals surface area (Å²) < 4.78 is 1.62. The number of hydrogen-bond acceptors (Lipinski definition) is 2. The Morgan fingerprint density at radius 3 is 2.52 bits per heavy atom. The standard InChI is InChI=1S/C19H17Cl2N3O/c1-12-8-9-16(15(20)10-12)22-19(25)17-13(2)23-24(18(17)21)11-14-6-4-3-5-7-14/h3-10H,11H2,1-2H3,(H,22,25). The number of hydrogen-bond donors (Lipinski definition) is 1. The summed E-state index contributed by atoms with van der Waals surface area (Å²) in [5.41, 5.74) is 3.55. The molecule has 0 fully saturated rings.